The number of benzene rings is 2. The van der Waals surface area contributed by atoms with Gasteiger partial charge in [0.25, 0.3) is 5.91 Å². The van der Waals surface area contributed by atoms with Gasteiger partial charge in [-0.2, -0.15) is 0 Å². The number of nitrogens with one attached hydrogen (secondary N) is 2. The lowest BCUT2D eigenvalue weighted by molar-refractivity contribution is -0.114. The standard InChI is InChI=1S/C15H13ClFN3O2/c16-9-5-6-12(13(7-9)19-14(21)8-18)20-15(22)10-3-1-2-4-11(10)17/h1-7H,8,18H2,(H,19,21)(H,20,22). The van der Waals surface area contributed by atoms with E-state index in [0.29, 0.717) is 10.7 Å². The molecule has 4 N–H and O–H groups in total. The Morgan fingerprint density at radius 2 is 1.82 bits per heavy atom. The zero-order valence-corrected chi connectivity index (χ0v) is 12.2. The average Bonchev–Trinajstić information content (AvgIpc) is 2.50. The third-order valence-electron chi connectivity index (χ3n) is 2.81. The van der Waals surface area contributed by atoms with Crippen molar-refractivity contribution in [3.63, 3.8) is 0 Å². The van der Waals surface area contributed by atoms with Gasteiger partial charge in [-0.05, 0) is 30.3 Å². The highest BCUT2D eigenvalue weighted by Gasteiger charge is 2.14. The Balaban J connectivity index is 2.27. The van der Waals surface area contributed by atoms with Crippen LogP contribution >= 0.6 is 11.6 Å². The van der Waals surface area contributed by atoms with E-state index in [-0.39, 0.29) is 17.8 Å². The van der Waals surface area contributed by atoms with Crippen molar-refractivity contribution in [3.05, 3.63) is 58.9 Å². The Morgan fingerprint density at radius 1 is 1.09 bits per heavy atom. The van der Waals surface area contributed by atoms with E-state index in [0.717, 1.165) is 0 Å². The van der Waals surface area contributed by atoms with Crippen molar-refractivity contribution in [3.8, 4) is 0 Å². The van der Waals surface area contributed by atoms with E-state index in [4.69, 9.17) is 17.3 Å². The SMILES string of the molecule is NCC(=O)Nc1cc(Cl)ccc1NC(=O)c1ccccc1F. The topological polar surface area (TPSA) is 84.2 Å². The van der Waals surface area contributed by atoms with Gasteiger partial charge in [-0.25, -0.2) is 4.39 Å². The number of rotatable bonds is 4. The fourth-order valence-corrected chi connectivity index (χ4v) is 1.94. The number of amides is 2. The summed E-state index contributed by atoms with van der Waals surface area (Å²) in [5.74, 6) is -1.71. The number of anilines is 2. The molecule has 0 unspecified atom stereocenters. The molecule has 0 radical (unpaired) electrons. The van der Waals surface area contributed by atoms with E-state index in [1.54, 1.807) is 6.07 Å². The molecule has 0 saturated heterocycles. The summed E-state index contributed by atoms with van der Waals surface area (Å²) in [6.45, 7) is -0.215. The van der Waals surface area contributed by atoms with Gasteiger partial charge in [-0.15, -0.1) is 0 Å². The van der Waals surface area contributed by atoms with Gasteiger partial charge in [0, 0.05) is 5.02 Å². The smallest absolute Gasteiger partial charge is 0.258 e. The highest BCUT2D eigenvalue weighted by molar-refractivity contribution is 6.31. The minimum Gasteiger partial charge on any atom is -0.323 e. The Morgan fingerprint density at radius 3 is 2.50 bits per heavy atom. The minimum absolute atomic E-state index is 0.103. The molecule has 2 aromatic carbocycles. The zero-order valence-electron chi connectivity index (χ0n) is 11.4. The molecule has 0 aliphatic heterocycles. The summed E-state index contributed by atoms with van der Waals surface area (Å²) in [4.78, 5) is 23.5. The molecule has 5 nitrogen and oxygen atoms in total. The van der Waals surface area contributed by atoms with E-state index < -0.39 is 17.6 Å². The second-order valence-corrected chi connectivity index (χ2v) is 4.81. The van der Waals surface area contributed by atoms with Crippen molar-refractivity contribution in [1.82, 2.24) is 0 Å². The highest BCUT2D eigenvalue weighted by Crippen LogP contribution is 2.26. The quantitative estimate of drug-likeness (QED) is 0.809. The molecule has 0 bridgehead atoms. The molecule has 22 heavy (non-hydrogen) atoms. The summed E-state index contributed by atoms with van der Waals surface area (Å²) in [5, 5.41) is 5.42. The summed E-state index contributed by atoms with van der Waals surface area (Å²) >= 11 is 5.87. The van der Waals surface area contributed by atoms with Crippen molar-refractivity contribution in [2.24, 2.45) is 5.73 Å². The van der Waals surface area contributed by atoms with Crippen LogP contribution in [0.25, 0.3) is 0 Å². The summed E-state index contributed by atoms with van der Waals surface area (Å²) in [5.41, 5.74) is 5.71. The molecule has 0 aromatic heterocycles. The second kappa shape index (κ2) is 7.02. The predicted molar refractivity (Wildman–Crippen MR) is 83.5 cm³/mol. The summed E-state index contributed by atoms with van der Waals surface area (Å²) in [6, 6.07) is 10.1. The maximum atomic E-state index is 13.6. The molecule has 2 amide bonds. The van der Waals surface area contributed by atoms with Crippen molar-refractivity contribution >= 4 is 34.8 Å². The molecule has 2 rings (SSSR count). The first-order valence-corrected chi connectivity index (χ1v) is 6.74. The van der Waals surface area contributed by atoms with Gasteiger partial charge in [0.1, 0.15) is 5.82 Å². The Labute approximate surface area is 131 Å². The predicted octanol–water partition coefficient (Wildman–Crippen LogP) is 2.63. The van der Waals surface area contributed by atoms with Crippen molar-refractivity contribution in [2.45, 2.75) is 0 Å². The van der Waals surface area contributed by atoms with Gasteiger partial charge in [0.2, 0.25) is 5.91 Å². The lowest BCUT2D eigenvalue weighted by Crippen LogP contribution is -2.23. The molecule has 7 heteroatoms. The maximum Gasteiger partial charge on any atom is 0.258 e. The lowest BCUT2D eigenvalue weighted by Gasteiger charge is -2.12. The first kappa shape index (κ1) is 15.9. The van der Waals surface area contributed by atoms with Crippen molar-refractivity contribution < 1.29 is 14.0 Å². The minimum atomic E-state index is -0.637. The first-order chi connectivity index (χ1) is 10.5. The van der Waals surface area contributed by atoms with Gasteiger partial charge in [-0.1, -0.05) is 23.7 Å². The van der Waals surface area contributed by atoms with E-state index in [1.807, 2.05) is 0 Å². The van der Waals surface area contributed by atoms with Crippen LogP contribution in [0.1, 0.15) is 10.4 Å². The summed E-state index contributed by atoms with van der Waals surface area (Å²) in [7, 11) is 0. The molecule has 0 atom stereocenters. The molecule has 0 fully saturated rings. The molecule has 2 aromatic rings. The van der Waals surface area contributed by atoms with Crippen molar-refractivity contribution in [2.75, 3.05) is 17.2 Å². The van der Waals surface area contributed by atoms with Crippen LogP contribution in [-0.2, 0) is 4.79 Å². The summed E-state index contributed by atoms with van der Waals surface area (Å²) < 4.78 is 13.6. The van der Waals surface area contributed by atoms with Crippen LogP contribution in [0.5, 0.6) is 0 Å². The normalized spacial score (nSPS) is 10.1. The number of carbonyl (C=O) groups is 2. The van der Waals surface area contributed by atoms with Gasteiger partial charge in [0.05, 0.1) is 23.5 Å². The molecule has 0 aliphatic carbocycles. The van der Waals surface area contributed by atoms with E-state index in [9.17, 15) is 14.0 Å². The van der Waals surface area contributed by atoms with Crippen LogP contribution in [0, 0.1) is 5.82 Å². The Hall–Kier alpha value is -2.44. The Kier molecular flexibility index (Phi) is 5.08. The molecule has 0 saturated carbocycles. The number of halogens is 2. The van der Waals surface area contributed by atoms with Crippen LogP contribution in [-0.4, -0.2) is 18.4 Å². The monoisotopic (exact) mass is 321 g/mol. The third kappa shape index (κ3) is 3.81. The van der Waals surface area contributed by atoms with Crippen LogP contribution in [0.2, 0.25) is 5.02 Å². The van der Waals surface area contributed by atoms with E-state index >= 15 is 0 Å². The average molecular weight is 322 g/mol. The maximum absolute atomic E-state index is 13.6. The molecule has 0 heterocycles. The lowest BCUT2D eigenvalue weighted by atomic mass is 10.2. The van der Waals surface area contributed by atoms with E-state index in [2.05, 4.69) is 10.6 Å². The molecule has 0 spiro atoms. The van der Waals surface area contributed by atoms with Gasteiger partial charge in [0.15, 0.2) is 0 Å². The zero-order chi connectivity index (χ0) is 16.1. The molecular weight excluding hydrogens is 309 g/mol. The first-order valence-electron chi connectivity index (χ1n) is 6.36. The van der Waals surface area contributed by atoms with Gasteiger partial charge in [-0.3, -0.25) is 9.59 Å². The summed E-state index contributed by atoms with van der Waals surface area (Å²) in [6.07, 6.45) is 0. The number of hydrogen-bond acceptors (Lipinski definition) is 3. The van der Waals surface area contributed by atoms with Crippen LogP contribution < -0.4 is 16.4 Å². The van der Waals surface area contributed by atoms with Crippen LogP contribution in [0.15, 0.2) is 42.5 Å². The van der Waals surface area contributed by atoms with Gasteiger partial charge >= 0.3 is 0 Å². The fraction of sp³-hybridized carbons (Fsp3) is 0.0667. The highest BCUT2D eigenvalue weighted by atomic mass is 35.5. The van der Waals surface area contributed by atoms with Crippen LogP contribution in [0.4, 0.5) is 15.8 Å². The number of carbonyl (C=O) groups excluding carboxylic acids is 2. The molecular formula is C15H13ClFN3O2. The molecule has 114 valence electrons. The van der Waals surface area contributed by atoms with Crippen molar-refractivity contribution in [1.29, 1.82) is 0 Å². The fourth-order valence-electron chi connectivity index (χ4n) is 1.77. The van der Waals surface area contributed by atoms with E-state index in [1.165, 1.54) is 36.4 Å². The van der Waals surface area contributed by atoms with Gasteiger partial charge < -0.3 is 16.4 Å². The molecule has 0 aliphatic rings. The number of nitrogens with two attached hydrogens (primary N) is 1. The number of hydrogen-bond donors (Lipinski definition) is 3. The third-order valence-corrected chi connectivity index (χ3v) is 3.04. The van der Waals surface area contributed by atoms with Crippen LogP contribution in [0.3, 0.4) is 0 Å². The largest absolute Gasteiger partial charge is 0.323 e. The Bertz CT molecular complexity index is 722. The second-order valence-electron chi connectivity index (χ2n) is 4.38.